The number of rotatable bonds is 9. The SMILES string of the molecule is O=C(NCCN1C(=O)SC(=Cc2ccc3c(c2)OCO3)C1=O)c1ccc(Cl)c(S(=O)(=O)N2CCC(Cc3ccccc3)CC2)c1. The van der Waals surface area contributed by atoms with Crippen molar-refractivity contribution in [3.8, 4) is 11.5 Å². The molecule has 0 spiro atoms. The van der Waals surface area contributed by atoms with Crippen LogP contribution in [0.4, 0.5) is 4.79 Å². The number of amides is 3. The number of hydrogen-bond donors (Lipinski definition) is 1. The van der Waals surface area contributed by atoms with Crippen LogP contribution in [0.2, 0.25) is 5.02 Å². The van der Waals surface area contributed by atoms with E-state index in [1.807, 2.05) is 18.2 Å². The number of halogens is 1. The number of ether oxygens (including phenoxy) is 2. The molecule has 0 aromatic heterocycles. The minimum Gasteiger partial charge on any atom is -0.454 e. The van der Waals surface area contributed by atoms with Gasteiger partial charge in [0.2, 0.25) is 16.8 Å². The first-order valence-corrected chi connectivity index (χ1v) is 17.1. The first-order chi connectivity index (χ1) is 21.7. The van der Waals surface area contributed by atoms with Crippen molar-refractivity contribution >= 4 is 56.5 Å². The first kappa shape index (κ1) is 31.2. The van der Waals surface area contributed by atoms with Crippen LogP contribution in [0.1, 0.15) is 34.3 Å². The van der Waals surface area contributed by atoms with Crippen LogP contribution in [0, 0.1) is 5.92 Å². The zero-order valence-electron chi connectivity index (χ0n) is 24.1. The van der Waals surface area contributed by atoms with Crippen LogP contribution < -0.4 is 14.8 Å². The summed E-state index contributed by atoms with van der Waals surface area (Å²) < 4.78 is 39.2. The van der Waals surface area contributed by atoms with Crippen molar-refractivity contribution in [2.75, 3.05) is 33.0 Å². The smallest absolute Gasteiger partial charge is 0.293 e. The van der Waals surface area contributed by atoms with Crippen molar-refractivity contribution in [3.05, 3.63) is 93.3 Å². The van der Waals surface area contributed by atoms with E-state index in [0.29, 0.717) is 36.1 Å². The fraction of sp³-hybridized carbons (Fsp3) is 0.281. The van der Waals surface area contributed by atoms with Gasteiger partial charge in [0, 0.05) is 31.7 Å². The molecule has 2 saturated heterocycles. The highest BCUT2D eigenvalue weighted by molar-refractivity contribution is 8.18. The maximum Gasteiger partial charge on any atom is 0.293 e. The van der Waals surface area contributed by atoms with Crippen LogP contribution in [0.5, 0.6) is 11.5 Å². The number of imide groups is 1. The Kier molecular flexibility index (Phi) is 9.18. The fourth-order valence-corrected chi connectivity index (χ4v) is 8.35. The van der Waals surface area contributed by atoms with Crippen molar-refractivity contribution in [1.29, 1.82) is 0 Å². The van der Waals surface area contributed by atoms with Crippen LogP contribution >= 0.6 is 23.4 Å². The maximum absolute atomic E-state index is 13.5. The van der Waals surface area contributed by atoms with Crippen LogP contribution in [0.25, 0.3) is 6.08 Å². The van der Waals surface area contributed by atoms with Crippen LogP contribution in [0.15, 0.2) is 76.5 Å². The summed E-state index contributed by atoms with van der Waals surface area (Å²) in [4.78, 5) is 39.6. The number of piperidine rings is 1. The van der Waals surface area contributed by atoms with E-state index in [1.54, 1.807) is 24.3 Å². The summed E-state index contributed by atoms with van der Waals surface area (Å²) in [7, 11) is -3.93. The van der Waals surface area contributed by atoms with Gasteiger partial charge in [0.15, 0.2) is 11.5 Å². The van der Waals surface area contributed by atoms with Crippen molar-refractivity contribution in [2.45, 2.75) is 24.2 Å². The largest absolute Gasteiger partial charge is 0.454 e. The Morgan fingerprint density at radius 1 is 1.00 bits per heavy atom. The molecule has 3 heterocycles. The minimum atomic E-state index is -3.93. The minimum absolute atomic E-state index is 0.0200. The standard InChI is InChI=1S/C32H30ClN3O7S2/c33-25-8-7-24(19-29(25)45(40,41)35-13-10-22(11-14-35)16-21-4-2-1-3-5-21)30(37)34-12-15-36-31(38)28(44-32(36)39)18-23-6-9-26-27(17-23)43-20-42-26/h1-9,17-19,22H,10-16,20H2,(H,34,37). The summed E-state index contributed by atoms with van der Waals surface area (Å²) in [6, 6.07) is 19.5. The summed E-state index contributed by atoms with van der Waals surface area (Å²) in [5, 5.41) is 2.25. The molecule has 0 bridgehead atoms. The van der Waals surface area contributed by atoms with Crippen LogP contribution in [-0.2, 0) is 21.2 Å². The summed E-state index contributed by atoms with van der Waals surface area (Å²) in [6.07, 6.45) is 3.96. The van der Waals surface area contributed by atoms with E-state index in [1.165, 1.54) is 28.1 Å². The molecule has 3 aliphatic rings. The van der Waals surface area contributed by atoms with E-state index in [4.69, 9.17) is 21.1 Å². The molecule has 0 unspecified atom stereocenters. The van der Waals surface area contributed by atoms with Gasteiger partial charge in [-0.25, -0.2) is 8.42 Å². The second-order valence-electron chi connectivity index (χ2n) is 10.9. The molecule has 6 rings (SSSR count). The van der Waals surface area contributed by atoms with Gasteiger partial charge in [-0.3, -0.25) is 19.3 Å². The van der Waals surface area contributed by atoms with Crippen LogP contribution in [-0.4, -0.2) is 67.6 Å². The lowest BCUT2D eigenvalue weighted by Gasteiger charge is -2.31. The zero-order chi connectivity index (χ0) is 31.6. The summed E-state index contributed by atoms with van der Waals surface area (Å²) in [6.45, 7) is 0.795. The fourth-order valence-electron chi connectivity index (χ4n) is 5.51. The van der Waals surface area contributed by atoms with Gasteiger partial charge < -0.3 is 14.8 Å². The molecule has 0 saturated carbocycles. The van der Waals surface area contributed by atoms with Gasteiger partial charge >= 0.3 is 0 Å². The molecule has 2 fully saturated rings. The molecule has 3 aliphatic heterocycles. The Bertz CT molecular complexity index is 1770. The lowest BCUT2D eigenvalue weighted by molar-refractivity contribution is -0.122. The molecule has 0 radical (unpaired) electrons. The number of sulfonamides is 1. The summed E-state index contributed by atoms with van der Waals surface area (Å²) >= 11 is 7.14. The lowest BCUT2D eigenvalue weighted by Crippen LogP contribution is -2.39. The molecule has 1 N–H and O–H groups in total. The van der Waals surface area contributed by atoms with Crippen molar-refractivity contribution in [1.82, 2.24) is 14.5 Å². The van der Waals surface area contributed by atoms with E-state index in [0.717, 1.165) is 35.9 Å². The average Bonchev–Trinajstić information content (AvgIpc) is 3.61. The maximum atomic E-state index is 13.5. The third-order valence-corrected chi connectivity index (χ3v) is 11.2. The van der Waals surface area contributed by atoms with Gasteiger partial charge in [0.25, 0.3) is 17.1 Å². The second kappa shape index (κ2) is 13.3. The molecule has 10 nitrogen and oxygen atoms in total. The molecule has 3 aromatic rings. The van der Waals surface area contributed by atoms with Gasteiger partial charge in [0.05, 0.1) is 9.93 Å². The van der Waals surface area contributed by atoms with Gasteiger partial charge in [-0.05, 0) is 84.5 Å². The van der Waals surface area contributed by atoms with E-state index >= 15 is 0 Å². The number of nitrogens with zero attached hydrogens (tertiary/aromatic N) is 2. The topological polar surface area (TPSA) is 122 Å². The lowest BCUT2D eigenvalue weighted by atomic mass is 9.91. The molecule has 234 valence electrons. The molecule has 3 aromatic carbocycles. The third kappa shape index (κ3) is 6.89. The molecule has 13 heteroatoms. The Hall–Kier alpha value is -3.84. The molecule has 0 atom stereocenters. The highest BCUT2D eigenvalue weighted by atomic mass is 35.5. The quantitative estimate of drug-likeness (QED) is 0.310. The molecule has 0 aliphatic carbocycles. The Morgan fingerprint density at radius 2 is 1.76 bits per heavy atom. The number of fused-ring (bicyclic) bond motifs is 1. The Labute approximate surface area is 270 Å². The van der Waals surface area contributed by atoms with Gasteiger partial charge in [0.1, 0.15) is 4.90 Å². The van der Waals surface area contributed by atoms with Gasteiger partial charge in [-0.15, -0.1) is 0 Å². The first-order valence-electron chi connectivity index (χ1n) is 14.5. The average molecular weight is 668 g/mol. The number of carbonyl (C=O) groups excluding carboxylic acids is 3. The number of benzene rings is 3. The number of carbonyl (C=O) groups is 3. The zero-order valence-corrected chi connectivity index (χ0v) is 26.5. The van der Waals surface area contributed by atoms with Gasteiger partial charge in [-0.2, -0.15) is 4.31 Å². The highest BCUT2D eigenvalue weighted by Gasteiger charge is 2.35. The van der Waals surface area contributed by atoms with Crippen LogP contribution in [0.3, 0.4) is 0 Å². The number of thioether (sulfide) groups is 1. The predicted octanol–water partition coefficient (Wildman–Crippen LogP) is 5.18. The van der Waals surface area contributed by atoms with E-state index in [2.05, 4.69) is 17.4 Å². The normalized spacial score (nSPS) is 18.2. The monoisotopic (exact) mass is 667 g/mol. The van der Waals surface area contributed by atoms with E-state index < -0.39 is 27.1 Å². The summed E-state index contributed by atoms with van der Waals surface area (Å²) in [5.74, 6) is 0.541. The highest BCUT2D eigenvalue weighted by Crippen LogP contribution is 2.36. The molecular weight excluding hydrogens is 638 g/mol. The number of hydrogen-bond acceptors (Lipinski definition) is 8. The van der Waals surface area contributed by atoms with E-state index in [-0.39, 0.29) is 40.3 Å². The van der Waals surface area contributed by atoms with Crippen molar-refractivity contribution < 1.29 is 32.3 Å². The molecule has 3 amide bonds. The summed E-state index contributed by atoms with van der Waals surface area (Å²) in [5.41, 5.74) is 2.02. The molecular formula is C32H30ClN3O7S2. The second-order valence-corrected chi connectivity index (χ2v) is 14.2. The Balaban J connectivity index is 1.04. The van der Waals surface area contributed by atoms with Crippen molar-refractivity contribution in [3.63, 3.8) is 0 Å². The number of nitrogens with one attached hydrogen (secondary N) is 1. The predicted molar refractivity (Wildman–Crippen MR) is 171 cm³/mol. The Morgan fingerprint density at radius 3 is 2.53 bits per heavy atom. The van der Waals surface area contributed by atoms with Gasteiger partial charge in [-0.1, -0.05) is 48.0 Å². The van der Waals surface area contributed by atoms with E-state index in [9.17, 15) is 22.8 Å². The molecule has 45 heavy (non-hydrogen) atoms. The third-order valence-electron chi connectivity index (χ3n) is 7.94. The van der Waals surface area contributed by atoms with Crippen molar-refractivity contribution in [2.24, 2.45) is 5.92 Å².